The number of pyridine rings is 1. The molecule has 14 heavy (non-hydrogen) atoms. The molecule has 74 valence electrons. The summed E-state index contributed by atoms with van der Waals surface area (Å²) in [5.74, 6) is 0. The number of nitrogens with zero attached hydrogens (tertiary/aromatic N) is 2. The van der Waals surface area contributed by atoms with Gasteiger partial charge < -0.3 is 10.1 Å². The fourth-order valence-corrected chi connectivity index (χ4v) is 1.44. The van der Waals surface area contributed by atoms with Crippen molar-refractivity contribution < 1.29 is 4.74 Å². The molecule has 1 fully saturated rings. The number of rotatable bonds is 2. The average Bonchev–Trinajstić information content (AvgIpc) is 2.30. The van der Waals surface area contributed by atoms with Gasteiger partial charge in [-0.25, -0.2) is 0 Å². The van der Waals surface area contributed by atoms with Crippen molar-refractivity contribution in [2.75, 3.05) is 19.7 Å². The maximum atomic E-state index is 5.57. The second kappa shape index (κ2) is 4.30. The summed E-state index contributed by atoms with van der Waals surface area (Å²) in [5.41, 5.74) is 1.74. The van der Waals surface area contributed by atoms with Crippen molar-refractivity contribution in [2.45, 2.75) is 6.10 Å². The van der Waals surface area contributed by atoms with E-state index in [1.807, 2.05) is 12.1 Å². The highest BCUT2D eigenvalue weighted by molar-refractivity contribution is 5.43. The minimum atomic E-state index is 0.0719. The lowest BCUT2D eigenvalue weighted by atomic mass is 10.2. The van der Waals surface area contributed by atoms with E-state index in [4.69, 9.17) is 4.74 Å². The second-order valence-corrected chi connectivity index (χ2v) is 3.16. The van der Waals surface area contributed by atoms with E-state index in [9.17, 15) is 0 Å². The van der Waals surface area contributed by atoms with Gasteiger partial charge in [0.25, 0.3) is 0 Å². The number of aliphatic imine (C=N–C) groups is 1. The predicted octanol–water partition coefficient (Wildman–Crippen LogP) is 1.07. The summed E-state index contributed by atoms with van der Waals surface area (Å²) in [6.45, 7) is 5.93. The molecule has 1 atom stereocenters. The predicted molar refractivity (Wildman–Crippen MR) is 55.0 cm³/mol. The third-order valence-electron chi connectivity index (χ3n) is 2.21. The number of nitrogens with one attached hydrogen (secondary N) is 1. The first-order valence-corrected chi connectivity index (χ1v) is 4.65. The Morgan fingerprint density at radius 1 is 1.57 bits per heavy atom. The van der Waals surface area contributed by atoms with Gasteiger partial charge in [-0.3, -0.25) is 9.98 Å². The molecule has 4 nitrogen and oxygen atoms in total. The van der Waals surface area contributed by atoms with E-state index in [1.165, 1.54) is 0 Å². The Bertz CT molecular complexity index is 304. The summed E-state index contributed by atoms with van der Waals surface area (Å²) >= 11 is 0. The van der Waals surface area contributed by atoms with E-state index < -0.39 is 0 Å². The summed E-state index contributed by atoms with van der Waals surface area (Å²) in [6, 6.07) is 3.83. The molecule has 1 aromatic rings. The smallest absolute Gasteiger partial charge is 0.112 e. The average molecular weight is 191 g/mol. The van der Waals surface area contributed by atoms with Crippen molar-refractivity contribution >= 4 is 12.4 Å². The van der Waals surface area contributed by atoms with Crippen LogP contribution in [0.3, 0.4) is 0 Å². The maximum absolute atomic E-state index is 5.57. The Balaban J connectivity index is 2.11. The summed E-state index contributed by atoms with van der Waals surface area (Å²) in [5, 5.41) is 3.26. The molecular formula is C10H13N3O. The van der Waals surface area contributed by atoms with E-state index in [2.05, 4.69) is 22.0 Å². The Kier molecular flexibility index (Phi) is 2.86. The van der Waals surface area contributed by atoms with Crippen LogP contribution in [0.15, 0.2) is 23.3 Å². The van der Waals surface area contributed by atoms with Crippen LogP contribution in [0.1, 0.15) is 11.8 Å². The summed E-state index contributed by atoms with van der Waals surface area (Å²) in [6.07, 6.45) is 1.78. The van der Waals surface area contributed by atoms with Crippen LogP contribution in [0.2, 0.25) is 0 Å². The SMILES string of the molecule is C=Nc1ccc(C2CNCCO2)nc1. The van der Waals surface area contributed by atoms with Gasteiger partial charge in [0.05, 0.1) is 24.2 Å². The lowest BCUT2D eigenvalue weighted by Crippen LogP contribution is -2.33. The number of morpholine rings is 1. The second-order valence-electron chi connectivity index (χ2n) is 3.16. The van der Waals surface area contributed by atoms with Crippen LogP contribution in [0.4, 0.5) is 5.69 Å². The number of hydrogen-bond acceptors (Lipinski definition) is 4. The van der Waals surface area contributed by atoms with Crippen molar-refractivity contribution in [2.24, 2.45) is 4.99 Å². The summed E-state index contributed by atoms with van der Waals surface area (Å²) in [4.78, 5) is 8.06. The van der Waals surface area contributed by atoms with E-state index >= 15 is 0 Å². The van der Waals surface area contributed by atoms with Crippen LogP contribution in [-0.4, -0.2) is 31.4 Å². The first-order valence-electron chi connectivity index (χ1n) is 4.65. The summed E-state index contributed by atoms with van der Waals surface area (Å²) < 4.78 is 5.57. The minimum Gasteiger partial charge on any atom is -0.369 e. The molecule has 1 unspecified atom stereocenters. The van der Waals surface area contributed by atoms with Gasteiger partial charge in [0.15, 0.2) is 0 Å². The molecule has 1 aliphatic heterocycles. The molecule has 4 heteroatoms. The van der Waals surface area contributed by atoms with Crippen LogP contribution >= 0.6 is 0 Å². The van der Waals surface area contributed by atoms with Crippen LogP contribution in [0.25, 0.3) is 0 Å². The van der Waals surface area contributed by atoms with Crippen molar-refractivity contribution in [3.8, 4) is 0 Å². The first kappa shape index (κ1) is 9.30. The van der Waals surface area contributed by atoms with Crippen LogP contribution in [0.5, 0.6) is 0 Å². The fourth-order valence-electron chi connectivity index (χ4n) is 1.44. The van der Waals surface area contributed by atoms with Crippen molar-refractivity contribution in [1.29, 1.82) is 0 Å². The largest absolute Gasteiger partial charge is 0.369 e. The van der Waals surface area contributed by atoms with Gasteiger partial charge in [0, 0.05) is 13.1 Å². The van der Waals surface area contributed by atoms with Crippen molar-refractivity contribution in [3.05, 3.63) is 24.0 Å². The Morgan fingerprint density at radius 2 is 2.50 bits per heavy atom. The van der Waals surface area contributed by atoms with Crippen molar-refractivity contribution in [3.63, 3.8) is 0 Å². The Hall–Kier alpha value is -1.26. The molecule has 1 aromatic heterocycles. The van der Waals surface area contributed by atoms with E-state index in [-0.39, 0.29) is 6.10 Å². The van der Waals surface area contributed by atoms with Gasteiger partial charge in [-0.1, -0.05) is 0 Å². The first-order chi connectivity index (χ1) is 6.90. The lowest BCUT2D eigenvalue weighted by Gasteiger charge is -2.22. The van der Waals surface area contributed by atoms with Crippen LogP contribution in [0, 0.1) is 0 Å². The zero-order valence-corrected chi connectivity index (χ0v) is 7.94. The normalized spacial score (nSPS) is 21.9. The molecule has 0 saturated carbocycles. The van der Waals surface area contributed by atoms with Gasteiger partial charge in [0.1, 0.15) is 6.10 Å². The number of ether oxygens (including phenoxy) is 1. The molecule has 0 bridgehead atoms. The highest BCUT2D eigenvalue weighted by atomic mass is 16.5. The lowest BCUT2D eigenvalue weighted by molar-refractivity contribution is 0.0250. The van der Waals surface area contributed by atoms with Gasteiger partial charge in [-0.05, 0) is 18.9 Å². The zero-order valence-electron chi connectivity index (χ0n) is 7.94. The quantitative estimate of drug-likeness (QED) is 0.711. The molecular weight excluding hydrogens is 178 g/mol. The highest BCUT2D eigenvalue weighted by Crippen LogP contribution is 2.18. The molecule has 0 radical (unpaired) electrons. The molecule has 2 rings (SSSR count). The Labute approximate surface area is 83.0 Å². The van der Waals surface area contributed by atoms with Gasteiger partial charge in [-0.15, -0.1) is 0 Å². The fraction of sp³-hybridized carbons (Fsp3) is 0.400. The van der Waals surface area contributed by atoms with Gasteiger partial charge >= 0.3 is 0 Å². The molecule has 0 aliphatic carbocycles. The molecule has 1 aliphatic rings. The standard InChI is InChI=1S/C10H13N3O/c1-11-8-2-3-9(13-6-8)10-7-12-4-5-14-10/h2-3,6,10,12H,1,4-5,7H2. The zero-order chi connectivity index (χ0) is 9.80. The molecule has 0 amide bonds. The van der Waals surface area contributed by atoms with E-state index in [1.54, 1.807) is 6.20 Å². The highest BCUT2D eigenvalue weighted by Gasteiger charge is 2.16. The number of aromatic nitrogens is 1. The topological polar surface area (TPSA) is 46.5 Å². The van der Waals surface area contributed by atoms with Gasteiger partial charge in [0.2, 0.25) is 0 Å². The monoisotopic (exact) mass is 191 g/mol. The number of hydrogen-bond donors (Lipinski definition) is 1. The Morgan fingerprint density at radius 3 is 3.07 bits per heavy atom. The summed E-state index contributed by atoms with van der Waals surface area (Å²) in [7, 11) is 0. The molecule has 1 N–H and O–H groups in total. The third kappa shape index (κ3) is 1.97. The van der Waals surface area contributed by atoms with Gasteiger partial charge in [-0.2, -0.15) is 0 Å². The molecule has 2 heterocycles. The molecule has 0 aromatic carbocycles. The third-order valence-corrected chi connectivity index (χ3v) is 2.21. The van der Waals surface area contributed by atoms with Crippen LogP contribution in [-0.2, 0) is 4.74 Å². The van der Waals surface area contributed by atoms with E-state index in [0.29, 0.717) is 0 Å². The molecule has 1 saturated heterocycles. The maximum Gasteiger partial charge on any atom is 0.112 e. The van der Waals surface area contributed by atoms with E-state index in [0.717, 1.165) is 31.1 Å². The van der Waals surface area contributed by atoms with Crippen molar-refractivity contribution in [1.82, 2.24) is 10.3 Å². The van der Waals surface area contributed by atoms with Crippen LogP contribution < -0.4 is 5.32 Å². The molecule has 0 spiro atoms. The minimum absolute atomic E-state index is 0.0719.